The number of benzene rings is 9. The molecular formula is C52H34N2. The van der Waals surface area contributed by atoms with E-state index in [4.69, 9.17) is 0 Å². The Bertz CT molecular complexity index is 3200. The van der Waals surface area contributed by atoms with Crippen LogP contribution in [0, 0.1) is 0 Å². The van der Waals surface area contributed by atoms with Crippen molar-refractivity contribution in [3.63, 3.8) is 0 Å². The summed E-state index contributed by atoms with van der Waals surface area (Å²) in [5.74, 6) is 0. The first-order valence-corrected chi connectivity index (χ1v) is 18.6. The van der Waals surface area contributed by atoms with E-state index in [1.165, 1.54) is 93.5 Å². The molecule has 0 N–H and O–H groups in total. The quantitative estimate of drug-likeness (QED) is 0.171. The molecule has 2 heteroatoms. The van der Waals surface area contributed by atoms with Crippen molar-refractivity contribution in [1.29, 1.82) is 0 Å². The highest BCUT2D eigenvalue weighted by molar-refractivity contribution is 6.13. The molecule has 0 unspecified atom stereocenters. The maximum Gasteiger partial charge on any atom is 0.0541 e. The van der Waals surface area contributed by atoms with Gasteiger partial charge in [0.25, 0.3) is 0 Å². The molecule has 2 heterocycles. The Morgan fingerprint density at radius 1 is 0.222 bits per heavy atom. The largest absolute Gasteiger partial charge is 0.309 e. The van der Waals surface area contributed by atoms with E-state index in [1.807, 2.05) is 0 Å². The third kappa shape index (κ3) is 4.88. The maximum absolute atomic E-state index is 2.43. The third-order valence-electron chi connectivity index (χ3n) is 11.1. The fourth-order valence-electron chi connectivity index (χ4n) is 8.49. The number of para-hydroxylation sites is 1. The summed E-state index contributed by atoms with van der Waals surface area (Å²) in [4.78, 5) is 0. The summed E-state index contributed by atoms with van der Waals surface area (Å²) in [6.45, 7) is 0. The predicted octanol–water partition coefficient (Wildman–Crippen LogP) is 14.0. The fraction of sp³-hybridized carbons (Fsp3) is 0. The Labute approximate surface area is 313 Å². The molecule has 0 fully saturated rings. The van der Waals surface area contributed by atoms with Crippen LogP contribution in [0.15, 0.2) is 206 Å². The summed E-state index contributed by atoms with van der Waals surface area (Å²) in [5, 5.41) is 7.48. The van der Waals surface area contributed by atoms with Gasteiger partial charge in [0, 0.05) is 32.9 Å². The van der Waals surface area contributed by atoms with E-state index in [2.05, 4.69) is 215 Å². The second-order valence-electron chi connectivity index (χ2n) is 14.2. The Kier molecular flexibility index (Phi) is 6.90. The molecule has 0 saturated heterocycles. The van der Waals surface area contributed by atoms with Crippen molar-refractivity contribution < 1.29 is 0 Å². The van der Waals surface area contributed by atoms with Gasteiger partial charge in [-0.3, -0.25) is 0 Å². The number of rotatable bonds is 5. The minimum absolute atomic E-state index is 1.15. The standard InChI is InChI=1S/C52H34N2/c1-3-12-35(13-4-1)39-18-11-19-43(30-39)53-51-27-23-40(36-14-5-2-6-15-36)32-47(51)48-34-42(25-29-52(48)53)41-24-28-50-46(33-41)45-20-9-10-21-49(45)54(50)44-26-22-37-16-7-8-17-38(37)31-44/h1-34H. The Morgan fingerprint density at radius 2 is 0.667 bits per heavy atom. The average Bonchev–Trinajstić information content (AvgIpc) is 3.76. The monoisotopic (exact) mass is 686 g/mol. The highest BCUT2D eigenvalue weighted by Crippen LogP contribution is 2.40. The van der Waals surface area contributed by atoms with Gasteiger partial charge in [0.2, 0.25) is 0 Å². The van der Waals surface area contributed by atoms with Crippen molar-refractivity contribution in [2.24, 2.45) is 0 Å². The van der Waals surface area contributed by atoms with Crippen molar-refractivity contribution in [2.75, 3.05) is 0 Å². The lowest BCUT2D eigenvalue weighted by Crippen LogP contribution is -1.94. The molecule has 0 bridgehead atoms. The molecule has 252 valence electrons. The van der Waals surface area contributed by atoms with Gasteiger partial charge < -0.3 is 9.13 Å². The molecule has 0 saturated carbocycles. The molecule has 0 atom stereocenters. The first-order chi connectivity index (χ1) is 26.8. The number of hydrogen-bond donors (Lipinski definition) is 0. The van der Waals surface area contributed by atoms with E-state index in [1.54, 1.807) is 0 Å². The van der Waals surface area contributed by atoms with Crippen LogP contribution >= 0.6 is 0 Å². The minimum atomic E-state index is 1.15. The third-order valence-corrected chi connectivity index (χ3v) is 11.1. The lowest BCUT2D eigenvalue weighted by atomic mass is 9.99. The molecule has 0 radical (unpaired) electrons. The molecule has 9 aromatic carbocycles. The predicted molar refractivity (Wildman–Crippen MR) is 229 cm³/mol. The molecule has 0 aliphatic heterocycles. The molecule has 11 rings (SSSR count). The molecule has 54 heavy (non-hydrogen) atoms. The smallest absolute Gasteiger partial charge is 0.0541 e. The van der Waals surface area contributed by atoms with Crippen molar-refractivity contribution in [3.05, 3.63) is 206 Å². The van der Waals surface area contributed by atoms with Gasteiger partial charge in [-0.25, -0.2) is 0 Å². The SMILES string of the molecule is c1ccc(-c2cccc(-n3c4ccc(-c5ccccc5)cc4c4cc(-c5ccc6c(c5)c5ccccc5n6-c5ccc6ccccc6c5)ccc43)c2)cc1. The van der Waals surface area contributed by atoms with Crippen molar-refractivity contribution in [3.8, 4) is 44.8 Å². The first kappa shape index (κ1) is 30.5. The van der Waals surface area contributed by atoms with Crippen molar-refractivity contribution >= 4 is 54.4 Å². The van der Waals surface area contributed by atoms with Gasteiger partial charge >= 0.3 is 0 Å². The second kappa shape index (κ2) is 12.2. The maximum atomic E-state index is 2.43. The summed E-state index contributed by atoms with van der Waals surface area (Å²) >= 11 is 0. The molecule has 0 aliphatic carbocycles. The highest BCUT2D eigenvalue weighted by atomic mass is 15.0. The first-order valence-electron chi connectivity index (χ1n) is 18.6. The highest BCUT2D eigenvalue weighted by Gasteiger charge is 2.17. The van der Waals surface area contributed by atoms with Gasteiger partial charge in [0.05, 0.1) is 22.1 Å². The zero-order chi connectivity index (χ0) is 35.6. The number of nitrogens with zero attached hydrogens (tertiary/aromatic N) is 2. The molecule has 2 aromatic heterocycles. The van der Waals surface area contributed by atoms with Gasteiger partial charge in [-0.1, -0.05) is 140 Å². The van der Waals surface area contributed by atoms with Crippen LogP contribution in [0.4, 0.5) is 0 Å². The molecular weight excluding hydrogens is 653 g/mol. The molecule has 0 aliphatic rings. The van der Waals surface area contributed by atoms with Crippen LogP contribution in [0.5, 0.6) is 0 Å². The van der Waals surface area contributed by atoms with Crippen LogP contribution in [-0.2, 0) is 0 Å². The summed E-state index contributed by atoms with van der Waals surface area (Å²) in [6.07, 6.45) is 0. The molecule has 11 aromatic rings. The Hall–Kier alpha value is -7.16. The van der Waals surface area contributed by atoms with Gasteiger partial charge in [0.1, 0.15) is 0 Å². The number of aromatic nitrogens is 2. The summed E-state index contributed by atoms with van der Waals surface area (Å²) in [6, 6.07) is 75.3. The van der Waals surface area contributed by atoms with E-state index in [0.717, 1.165) is 5.69 Å². The van der Waals surface area contributed by atoms with E-state index >= 15 is 0 Å². The minimum Gasteiger partial charge on any atom is -0.309 e. The van der Waals surface area contributed by atoms with Crippen LogP contribution in [0.3, 0.4) is 0 Å². The summed E-state index contributed by atoms with van der Waals surface area (Å²) in [7, 11) is 0. The summed E-state index contributed by atoms with van der Waals surface area (Å²) < 4.78 is 4.84. The van der Waals surface area contributed by atoms with Crippen LogP contribution in [0.1, 0.15) is 0 Å². The average molecular weight is 687 g/mol. The lowest BCUT2D eigenvalue weighted by molar-refractivity contribution is 1.18. The van der Waals surface area contributed by atoms with E-state index in [9.17, 15) is 0 Å². The molecule has 0 spiro atoms. The summed E-state index contributed by atoms with van der Waals surface area (Å²) in [5.41, 5.74) is 14.4. The van der Waals surface area contributed by atoms with Crippen molar-refractivity contribution in [2.45, 2.75) is 0 Å². The van der Waals surface area contributed by atoms with Gasteiger partial charge in [-0.2, -0.15) is 0 Å². The topological polar surface area (TPSA) is 9.86 Å². The second-order valence-corrected chi connectivity index (χ2v) is 14.2. The number of fused-ring (bicyclic) bond motifs is 7. The Morgan fingerprint density at radius 3 is 1.30 bits per heavy atom. The van der Waals surface area contributed by atoms with E-state index in [0.29, 0.717) is 0 Å². The van der Waals surface area contributed by atoms with Crippen LogP contribution in [-0.4, -0.2) is 9.13 Å². The van der Waals surface area contributed by atoms with Crippen molar-refractivity contribution in [1.82, 2.24) is 9.13 Å². The zero-order valence-corrected chi connectivity index (χ0v) is 29.5. The number of hydrogen-bond acceptors (Lipinski definition) is 0. The van der Waals surface area contributed by atoms with Crippen LogP contribution in [0.2, 0.25) is 0 Å². The van der Waals surface area contributed by atoms with Crippen LogP contribution in [0.25, 0.3) is 99.1 Å². The zero-order valence-electron chi connectivity index (χ0n) is 29.5. The molecule has 2 nitrogen and oxygen atoms in total. The van der Waals surface area contributed by atoms with Gasteiger partial charge in [0.15, 0.2) is 0 Å². The van der Waals surface area contributed by atoms with Gasteiger partial charge in [-0.05, 0) is 111 Å². The Balaban J connectivity index is 1.11. The van der Waals surface area contributed by atoms with Crippen LogP contribution < -0.4 is 0 Å². The van der Waals surface area contributed by atoms with E-state index < -0.39 is 0 Å². The van der Waals surface area contributed by atoms with E-state index in [-0.39, 0.29) is 0 Å². The lowest BCUT2D eigenvalue weighted by Gasteiger charge is -2.11. The fourth-order valence-corrected chi connectivity index (χ4v) is 8.49. The van der Waals surface area contributed by atoms with Gasteiger partial charge in [-0.15, -0.1) is 0 Å². The normalized spacial score (nSPS) is 11.7. The molecule has 0 amide bonds.